The predicted octanol–water partition coefficient (Wildman–Crippen LogP) is 9.12. The summed E-state index contributed by atoms with van der Waals surface area (Å²) in [7, 11) is 0. The molecule has 2 heteroatoms. The summed E-state index contributed by atoms with van der Waals surface area (Å²) in [5, 5.41) is 7.34. The Bertz CT molecular complexity index is 1260. The third-order valence-corrected chi connectivity index (χ3v) is 5.99. The van der Waals surface area contributed by atoms with Crippen LogP contribution in [0.1, 0.15) is 11.1 Å². The van der Waals surface area contributed by atoms with Crippen molar-refractivity contribution in [2.24, 2.45) is 0 Å². The Morgan fingerprint density at radius 1 is 0.382 bits per heavy atom. The van der Waals surface area contributed by atoms with Gasteiger partial charge in [-0.15, -0.1) is 0 Å². The lowest BCUT2D eigenvalue weighted by molar-refractivity contribution is 1.44. The lowest BCUT2D eigenvalue weighted by Crippen LogP contribution is -2.00. The SMILES string of the molecule is Cc1ccc(-c2c(Nc3ccccc3)ccc(Nc3ccccc3)c2-c2ccc(C)cc2)cc1. The minimum absolute atomic E-state index is 1.06. The third-order valence-electron chi connectivity index (χ3n) is 5.99. The summed E-state index contributed by atoms with van der Waals surface area (Å²) in [5.41, 5.74) is 11.5. The normalized spacial score (nSPS) is 10.6. The number of aryl methyl sites for hydroxylation is 2. The van der Waals surface area contributed by atoms with E-state index in [9.17, 15) is 0 Å². The topological polar surface area (TPSA) is 24.1 Å². The lowest BCUT2D eigenvalue weighted by Gasteiger charge is -2.22. The van der Waals surface area contributed by atoms with E-state index in [2.05, 4.69) is 134 Å². The summed E-state index contributed by atoms with van der Waals surface area (Å²) in [4.78, 5) is 0. The van der Waals surface area contributed by atoms with Crippen LogP contribution in [0.3, 0.4) is 0 Å². The quantitative estimate of drug-likeness (QED) is 0.275. The van der Waals surface area contributed by atoms with Crippen molar-refractivity contribution in [3.63, 3.8) is 0 Å². The van der Waals surface area contributed by atoms with Gasteiger partial charge in [0.15, 0.2) is 0 Å². The van der Waals surface area contributed by atoms with Crippen molar-refractivity contribution in [1.82, 2.24) is 0 Å². The van der Waals surface area contributed by atoms with E-state index in [1.807, 2.05) is 12.1 Å². The van der Waals surface area contributed by atoms with Gasteiger partial charge in [-0.25, -0.2) is 0 Å². The molecule has 34 heavy (non-hydrogen) atoms. The molecule has 0 aromatic heterocycles. The number of para-hydroxylation sites is 2. The largest absolute Gasteiger partial charge is 0.355 e. The lowest BCUT2D eigenvalue weighted by atomic mass is 9.90. The monoisotopic (exact) mass is 440 g/mol. The first-order valence-electron chi connectivity index (χ1n) is 11.6. The van der Waals surface area contributed by atoms with Crippen LogP contribution >= 0.6 is 0 Å². The standard InChI is InChI=1S/C32H28N2/c1-23-13-17-25(18-14-23)31-29(33-27-9-5-3-6-10-27)21-22-30(34-28-11-7-4-8-12-28)32(31)26-19-15-24(2)16-20-26/h3-22,33-34H,1-2H3. The van der Waals surface area contributed by atoms with Gasteiger partial charge in [-0.2, -0.15) is 0 Å². The molecule has 0 aliphatic rings. The molecule has 166 valence electrons. The van der Waals surface area contributed by atoms with Crippen LogP contribution in [0.5, 0.6) is 0 Å². The van der Waals surface area contributed by atoms with Gasteiger partial charge >= 0.3 is 0 Å². The Morgan fingerprint density at radius 3 is 1.09 bits per heavy atom. The summed E-state index contributed by atoms with van der Waals surface area (Å²) < 4.78 is 0. The van der Waals surface area contributed by atoms with E-state index >= 15 is 0 Å². The van der Waals surface area contributed by atoms with E-state index in [1.54, 1.807) is 0 Å². The summed E-state index contributed by atoms with van der Waals surface area (Å²) >= 11 is 0. The summed E-state index contributed by atoms with van der Waals surface area (Å²) in [6.45, 7) is 4.25. The highest BCUT2D eigenvalue weighted by Gasteiger charge is 2.18. The van der Waals surface area contributed by atoms with Crippen LogP contribution in [0.2, 0.25) is 0 Å². The number of anilines is 4. The van der Waals surface area contributed by atoms with Crippen molar-refractivity contribution in [3.05, 3.63) is 132 Å². The summed E-state index contributed by atoms with van der Waals surface area (Å²) in [6, 6.07) is 42.6. The molecular weight excluding hydrogens is 412 g/mol. The van der Waals surface area contributed by atoms with Crippen molar-refractivity contribution in [3.8, 4) is 22.3 Å². The highest BCUT2D eigenvalue weighted by molar-refractivity contribution is 6.00. The molecule has 0 heterocycles. The molecule has 5 rings (SSSR count). The fourth-order valence-electron chi connectivity index (χ4n) is 4.21. The van der Waals surface area contributed by atoms with Gasteiger partial charge < -0.3 is 10.6 Å². The Hall–Kier alpha value is -4.30. The van der Waals surface area contributed by atoms with E-state index < -0.39 is 0 Å². The van der Waals surface area contributed by atoms with Crippen molar-refractivity contribution in [2.75, 3.05) is 10.6 Å². The van der Waals surface area contributed by atoms with Crippen molar-refractivity contribution in [2.45, 2.75) is 13.8 Å². The zero-order valence-corrected chi connectivity index (χ0v) is 19.5. The number of hydrogen-bond donors (Lipinski definition) is 2. The first-order valence-corrected chi connectivity index (χ1v) is 11.6. The third kappa shape index (κ3) is 4.72. The molecule has 5 aromatic rings. The second kappa shape index (κ2) is 9.68. The van der Waals surface area contributed by atoms with Crippen molar-refractivity contribution < 1.29 is 0 Å². The number of hydrogen-bond acceptors (Lipinski definition) is 2. The Balaban J connectivity index is 1.75. The minimum Gasteiger partial charge on any atom is -0.355 e. The van der Waals surface area contributed by atoms with Gasteiger partial charge in [-0.3, -0.25) is 0 Å². The molecule has 0 aliphatic carbocycles. The van der Waals surface area contributed by atoms with Gasteiger partial charge in [0.25, 0.3) is 0 Å². The van der Waals surface area contributed by atoms with E-state index in [1.165, 1.54) is 33.4 Å². The van der Waals surface area contributed by atoms with Crippen molar-refractivity contribution in [1.29, 1.82) is 0 Å². The number of nitrogens with one attached hydrogen (secondary N) is 2. The molecule has 0 saturated heterocycles. The maximum Gasteiger partial charge on any atom is 0.0471 e. The van der Waals surface area contributed by atoms with Crippen LogP contribution in [0.25, 0.3) is 22.3 Å². The molecule has 2 nitrogen and oxygen atoms in total. The van der Waals surface area contributed by atoms with Crippen LogP contribution in [0.15, 0.2) is 121 Å². The fourth-order valence-corrected chi connectivity index (χ4v) is 4.21. The Labute approximate surface area is 201 Å². The molecule has 0 fully saturated rings. The van der Waals surface area contributed by atoms with Crippen LogP contribution < -0.4 is 10.6 Å². The zero-order chi connectivity index (χ0) is 23.3. The van der Waals surface area contributed by atoms with Gasteiger partial charge in [-0.1, -0.05) is 96.1 Å². The summed E-state index contributed by atoms with van der Waals surface area (Å²) in [5.74, 6) is 0. The molecular formula is C32H28N2. The average Bonchev–Trinajstić information content (AvgIpc) is 2.87. The fraction of sp³-hybridized carbons (Fsp3) is 0.0625. The van der Waals surface area contributed by atoms with Crippen LogP contribution in [-0.2, 0) is 0 Å². The maximum atomic E-state index is 3.67. The molecule has 0 atom stereocenters. The first-order chi connectivity index (χ1) is 16.7. The Kier molecular flexibility index (Phi) is 6.13. The molecule has 5 aromatic carbocycles. The van der Waals surface area contributed by atoms with Gasteiger partial charge in [0.2, 0.25) is 0 Å². The molecule has 0 amide bonds. The molecule has 0 bridgehead atoms. The van der Waals surface area contributed by atoms with E-state index in [4.69, 9.17) is 0 Å². The van der Waals surface area contributed by atoms with E-state index in [-0.39, 0.29) is 0 Å². The van der Waals surface area contributed by atoms with E-state index in [0.29, 0.717) is 0 Å². The number of benzene rings is 5. The number of rotatable bonds is 6. The maximum absolute atomic E-state index is 3.67. The van der Waals surface area contributed by atoms with Gasteiger partial charge in [0.05, 0.1) is 0 Å². The second-order valence-electron chi connectivity index (χ2n) is 8.62. The first kappa shape index (κ1) is 21.5. The highest BCUT2D eigenvalue weighted by Crippen LogP contribution is 2.44. The highest BCUT2D eigenvalue weighted by atomic mass is 14.9. The molecule has 0 radical (unpaired) electrons. The van der Waals surface area contributed by atoms with Gasteiger partial charge in [0, 0.05) is 33.9 Å². The van der Waals surface area contributed by atoms with Gasteiger partial charge in [-0.05, 0) is 61.4 Å². The van der Waals surface area contributed by atoms with Crippen LogP contribution in [0, 0.1) is 13.8 Å². The van der Waals surface area contributed by atoms with Crippen LogP contribution in [0.4, 0.5) is 22.7 Å². The minimum atomic E-state index is 1.06. The Morgan fingerprint density at radius 2 is 0.735 bits per heavy atom. The molecule has 0 saturated carbocycles. The molecule has 0 spiro atoms. The van der Waals surface area contributed by atoms with Crippen LogP contribution in [-0.4, -0.2) is 0 Å². The second-order valence-corrected chi connectivity index (χ2v) is 8.62. The van der Waals surface area contributed by atoms with E-state index in [0.717, 1.165) is 22.7 Å². The predicted molar refractivity (Wildman–Crippen MR) is 146 cm³/mol. The molecule has 0 aliphatic heterocycles. The molecule has 2 N–H and O–H groups in total. The zero-order valence-electron chi connectivity index (χ0n) is 19.5. The molecule has 0 unspecified atom stereocenters. The van der Waals surface area contributed by atoms with Crippen molar-refractivity contribution >= 4 is 22.7 Å². The average molecular weight is 441 g/mol. The smallest absolute Gasteiger partial charge is 0.0471 e. The van der Waals surface area contributed by atoms with Gasteiger partial charge in [0.1, 0.15) is 0 Å². The summed E-state index contributed by atoms with van der Waals surface area (Å²) in [6.07, 6.45) is 0.